The molecule has 0 radical (unpaired) electrons. The monoisotopic (exact) mass is 180 g/mol. The van der Waals surface area contributed by atoms with Crippen molar-refractivity contribution in [2.45, 2.75) is 40.0 Å². The zero-order valence-electron chi connectivity index (χ0n) is 8.88. The van der Waals surface area contributed by atoms with E-state index in [1.54, 1.807) is 0 Å². The molecule has 0 saturated heterocycles. The molecule has 1 aromatic rings. The molecular formula is C10H16N2O. The molecule has 1 rings (SSSR count). The van der Waals surface area contributed by atoms with Gasteiger partial charge in [0.05, 0.1) is 0 Å². The molecule has 0 atom stereocenters. The minimum Gasteiger partial charge on any atom is -0.711 e. The predicted octanol–water partition coefficient (Wildman–Crippen LogP) is 1.63. The molecular weight excluding hydrogens is 164 g/mol. The Hall–Kier alpha value is -1.12. The molecule has 72 valence electrons. The average Bonchev–Trinajstić information content (AvgIpc) is 1.95. The van der Waals surface area contributed by atoms with Crippen LogP contribution in [0.1, 0.15) is 37.7 Å². The van der Waals surface area contributed by atoms with Gasteiger partial charge >= 0.3 is 0 Å². The van der Waals surface area contributed by atoms with Gasteiger partial charge in [-0.15, -0.1) is 0 Å². The van der Waals surface area contributed by atoms with E-state index in [0.717, 1.165) is 21.7 Å². The van der Waals surface area contributed by atoms with Crippen LogP contribution >= 0.6 is 0 Å². The average molecular weight is 180 g/mol. The molecule has 0 N–H and O–H groups in total. The van der Waals surface area contributed by atoms with Crippen LogP contribution in [-0.4, -0.2) is 4.98 Å². The lowest BCUT2D eigenvalue weighted by atomic mass is 9.85. The first-order chi connectivity index (χ1) is 5.84. The van der Waals surface area contributed by atoms with Crippen LogP contribution in [-0.2, 0) is 5.41 Å². The molecule has 0 aliphatic carbocycles. The summed E-state index contributed by atoms with van der Waals surface area (Å²) in [6.45, 7) is 10.0. The maximum atomic E-state index is 11.3. The Balaban J connectivity index is 3.43. The van der Waals surface area contributed by atoms with Crippen LogP contribution < -0.4 is 4.73 Å². The molecule has 3 nitrogen and oxygen atoms in total. The van der Waals surface area contributed by atoms with Crippen molar-refractivity contribution in [1.82, 2.24) is 4.98 Å². The summed E-state index contributed by atoms with van der Waals surface area (Å²) < 4.78 is 0.827. The number of hydrogen-bond acceptors (Lipinski definition) is 2. The van der Waals surface area contributed by atoms with Crippen LogP contribution in [0.15, 0.2) is 6.33 Å². The summed E-state index contributed by atoms with van der Waals surface area (Å²) >= 11 is 0. The van der Waals surface area contributed by atoms with Crippen LogP contribution in [0.4, 0.5) is 0 Å². The fourth-order valence-electron chi connectivity index (χ4n) is 1.75. The number of rotatable bonds is 0. The van der Waals surface area contributed by atoms with E-state index in [1.165, 1.54) is 6.33 Å². The molecule has 0 spiro atoms. The van der Waals surface area contributed by atoms with Crippen LogP contribution in [0.25, 0.3) is 0 Å². The molecule has 0 aromatic carbocycles. The summed E-state index contributed by atoms with van der Waals surface area (Å²) in [5.74, 6) is 0. The van der Waals surface area contributed by atoms with E-state index in [2.05, 4.69) is 25.8 Å². The van der Waals surface area contributed by atoms with Gasteiger partial charge in [0, 0.05) is 12.5 Å². The Morgan fingerprint density at radius 1 is 1.31 bits per heavy atom. The van der Waals surface area contributed by atoms with E-state index in [9.17, 15) is 5.21 Å². The summed E-state index contributed by atoms with van der Waals surface area (Å²) in [4.78, 5) is 4.06. The highest BCUT2D eigenvalue weighted by Gasteiger charge is 2.24. The Labute approximate surface area is 79.0 Å². The molecule has 0 amide bonds. The fraction of sp³-hybridized carbons (Fsp3) is 0.600. The van der Waals surface area contributed by atoms with Crippen molar-refractivity contribution in [3.63, 3.8) is 0 Å². The van der Waals surface area contributed by atoms with Gasteiger partial charge in [-0.2, -0.15) is 0 Å². The molecule has 0 unspecified atom stereocenters. The summed E-state index contributed by atoms with van der Waals surface area (Å²) in [6, 6.07) is 0. The highest BCUT2D eigenvalue weighted by atomic mass is 16.5. The van der Waals surface area contributed by atoms with Crippen molar-refractivity contribution in [1.29, 1.82) is 0 Å². The van der Waals surface area contributed by atoms with Crippen LogP contribution in [0.2, 0.25) is 0 Å². The van der Waals surface area contributed by atoms with Gasteiger partial charge in [-0.1, -0.05) is 25.8 Å². The Kier molecular flexibility index (Phi) is 2.28. The van der Waals surface area contributed by atoms with Crippen molar-refractivity contribution < 1.29 is 4.73 Å². The van der Waals surface area contributed by atoms with E-state index in [4.69, 9.17) is 0 Å². The van der Waals surface area contributed by atoms with Gasteiger partial charge in [0.15, 0.2) is 5.69 Å². The third-order valence-electron chi connectivity index (χ3n) is 2.16. The zero-order chi connectivity index (χ0) is 10.2. The first-order valence-electron chi connectivity index (χ1n) is 4.40. The number of nitrogens with zero attached hydrogens (tertiary/aromatic N) is 2. The van der Waals surface area contributed by atoms with E-state index >= 15 is 0 Å². The fourth-order valence-corrected chi connectivity index (χ4v) is 1.75. The lowest BCUT2D eigenvalue weighted by Gasteiger charge is -2.21. The first kappa shape index (κ1) is 9.96. The highest BCUT2D eigenvalue weighted by Crippen LogP contribution is 2.25. The molecule has 0 bridgehead atoms. The minimum atomic E-state index is -0.0193. The van der Waals surface area contributed by atoms with Gasteiger partial charge in [-0.3, -0.25) is 0 Å². The summed E-state index contributed by atoms with van der Waals surface area (Å²) in [6.07, 6.45) is 1.32. The van der Waals surface area contributed by atoms with E-state index in [-0.39, 0.29) is 5.41 Å². The third kappa shape index (κ3) is 1.79. The molecule has 1 aromatic heterocycles. The van der Waals surface area contributed by atoms with Gasteiger partial charge in [0.25, 0.3) is 6.33 Å². The van der Waals surface area contributed by atoms with Crippen molar-refractivity contribution in [3.8, 4) is 0 Å². The van der Waals surface area contributed by atoms with E-state index < -0.39 is 0 Å². The second-order valence-corrected chi connectivity index (χ2v) is 4.37. The Morgan fingerprint density at radius 2 is 1.85 bits per heavy atom. The van der Waals surface area contributed by atoms with Gasteiger partial charge < -0.3 is 5.21 Å². The lowest BCUT2D eigenvalue weighted by molar-refractivity contribution is -0.616. The quantitative estimate of drug-likeness (QED) is 0.449. The summed E-state index contributed by atoms with van der Waals surface area (Å²) in [5.41, 5.74) is 2.72. The van der Waals surface area contributed by atoms with Gasteiger partial charge in [-0.25, -0.2) is 4.73 Å². The Bertz CT molecular complexity index is 326. The maximum Gasteiger partial charge on any atom is 0.289 e. The standard InChI is InChI=1S/C10H16N2O/c1-7-9(10(3,4)5)8(2)12(13)6-11-7/h6H,1-5H3. The summed E-state index contributed by atoms with van der Waals surface area (Å²) in [5, 5.41) is 11.3. The molecule has 0 fully saturated rings. The van der Waals surface area contributed by atoms with Crippen LogP contribution in [0.5, 0.6) is 0 Å². The van der Waals surface area contributed by atoms with Crippen molar-refractivity contribution in [2.75, 3.05) is 0 Å². The lowest BCUT2D eigenvalue weighted by Crippen LogP contribution is -2.35. The summed E-state index contributed by atoms with van der Waals surface area (Å²) in [7, 11) is 0. The Morgan fingerprint density at radius 3 is 2.23 bits per heavy atom. The minimum absolute atomic E-state index is 0.0193. The predicted molar refractivity (Wildman–Crippen MR) is 51.4 cm³/mol. The number of aryl methyl sites for hydroxylation is 1. The van der Waals surface area contributed by atoms with Crippen LogP contribution in [0.3, 0.4) is 0 Å². The molecule has 0 aliphatic rings. The largest absolute Gasteiger partial charge is 0.711 e. The van der Waals surface area contributed by atoms with Gasteiger partial charge in [-0.05, 0) is 12.3 Å². The van der Waals surface area contributed by atoms with Crippen LogP contribution in [0, 0.1) is 19.1 Å². The van der Waals surface area contributed by atoms with Crippen molar-refractivity contribution in [3.05, 3.63) is 28.5 Å². The van der Waals surface area contributed by atoms with Crippen molar-refractivity contribution in [2.24, 2.45) is 0 Å². The second kappa shape index (κ2) is 2.98. The third-order valence-corrected chi connectivity index (χ3v) is 2.16. The zero-order valence-corrected chi connectivity index (χ0v) is 8.88. The topological polar surface area (TPSA) is 39.8 Å². The van der Waals surface area contributed by atoms with E-state index in [1.807, 2.05) is 13.8 Å². The van der Waals surface area contributed by atoms with Gasteiger partial charge in [0.1, 0.15) is 5.69 Å². The van der Waals surface area contributed by atoms with E-state index in [0.29, 0.717) is 0 Å². The second-order valence-electron chi connectivity index (χ2n) is 4.37. The maximum absolute atomic E-state index is 11.3. The molecule has 0 aliphatic heterocycles. The smallest absolute Gasteiger partial charge is 0.289 e. The number of aromatic nitrogens is 2. The first-order valence-corrected chi connectivity index (χ1v) is 4.40. The SMILES string of the molecule is Cc1nc[n+]([O-])c(C)c1C(C)(C)C. The normalized spacial score (nSPS) is 11.8. The molecule has 13 heavy (non-hydrogen) atoms. The molecule has 3 heteroatoms. The highest BCUT2D eigenvalue weighted by molar-refractivity contribution is 5.27. The molecule has 1 heterocycles. The van der Waals surface area contributed by atoms with Crippen molar-refractivity contribution >= 4 is 0 Å². The molecule has 0 saturated carbocycles. The number of hydrogen-bond donors (Lipinski definition) is 0. The van der Waals surface area contributed by atoms with Gasteiger partial charge in [0.2, 0.25) is 0 Å².